The fraction of sp³-hybridized carbons (Fsp3) is 0.722. The first kappa shape index (κ1) is 18.6. The van der Waals surface area contributed by atoms with E-state index in [2.05, 4.69) is 0 Å². The minimum absolute atomic E-state index is 0.112. The van der Waals surface area contributed by atoms with Gasteiger partial charge in [0.2, 0.25) is 0 Å². The van der Waals surface area contributed by atoms with Crippen molar-refractivity contribution in [1.82, 2.24) is 0 Å². The van der Waals surface area contributed by atoms with E-state index in [0.29, 0.717) is 11.1 Å². The molecule has 0 aromatic heterocycles. The summed E-state index contributed by atoms with van der Waals surface area (Å²) in [5.74, 6) is -0.112. The molecule has 0 saturated heterocycles. The van der Waals surface area contributed by atoms with Crippen molar-refractivity contribution in [3.63, 3.8) is 0 Å². The Morgan fingerprint density at radius 1 is 0.955 bits per heavy atom. The molecule has 4 nitrogen and oxygen atoms in total. The highest BCUT2D eigenvalue weighted by molar-refractivity contribution is 6.07. The Kier molecular flexibility index (Phi) is 4.26. The Morgan fingerprint density at radius 2 is 1.41 bits per heavy atom. The van der Waals surface area contributed by atoms with Crippen molar-refractivity contribution >= 4 is 5.78 Å². The fourth-order valence-electron chi connectivity index (χ4n) is 3.10. The lowest BCUT2D eigenvalue weighted by Gasteiger charge is -2.44. The van der Waals surface area contributed by atoms with E-state index in [1.807, 2.05) is 62.3 Å². The number of carbonyl (C=O) groups is 1. The van der Waals surface area contributed by atoms with Crippen LogP contribution in [0.5, 0.6) is 0 Å². The zero-order valence-electron chi connectivity index (χ0n) is 15.3. The number of carbonyl (C=O) groups excluding carboxylic acids is 1. The first-order valence-corrected chi connectivity index (χ1v) is 7.70. The largest absolute Gasteiger partial charge is 0.290 e. The van der Waals surface area contributed by atoms with Crippen LogP contribution < -0.4 is 0 Å². The summed E-state index contributed by atoms with van der Waals surface area (Å²) in [6, 6.07) is 0. The van der Waals surface area contributed by atoms with Crippen LogP contribution in [0, 0.1) is 26.4 Å². The van der Waals surface area contributed by atoms with Gasteiger partial charge in [0.25, 0.3) is 5.54 Å². The van der Waals surface area contributed by atoms with Gasteiger partial charge in [-0.25, -0.2) is 0 Å². The standard InChI is InChI=1S/C18H29NO3/c1-15(2,3)12-11-18(19(21)22,17(7,8)9)14(10-13(12)20)16(4,5)6/h10-11H,1-9H3. The lowest BCUT2D eigenvalue weighted by atomic mass is 9.58. The first-order valence-electron chi connectivity index (χ1n) is 7.70. The molecule has 0 aromatic carbocycles. The molecule has 0 amide bonds. The number of nitrogens with zero attached hydrogens (tertiary/aromatic N) is 1. The van der Waals surface area contributed by atoms with Crippen LogP contribution in [0.2, 0.25) is 0 Å². The van der Waals surface area contributed by atoms with Gasteiger partial charge in [-0.3, -0.25) is 14.9 Å². The second kappa shape index (κ2) is 5.04. The Bertz CT molecular complexity index is 563. The SMILES string of the molecule is CC(C)(C)C1=CC([N+](=O)[O-])(C(C)(C)C)C(C(C)(C)C)=CC1=O. The predicted octanol–water partition coefficient (Wildman–Crippen LogP) is 4.58. The third-order valence-corrected chi connectivity index (χ3v) is 4.35. The summed E-state index contributed by atoms with van der Waals surface area (Å²) in [6.45, 7) is 17.1. The molecule has 1 aliphatic carbocycles. The van der Waals surface area contributed by atoms with Crippen molar-refractivity contribution in [1.29, 1.82) is 0 Å². The summed E-state index contributed by atoms with van der Waals surface area (Å²) in [4.78, 5) is 24.5. The van der Waals surface area contributed by atoms with Crippen LogP contribution in [0.15, 0.2) is 23.3 Å². The predicted molar refractivity (Wildman–Crippen MR) is 89.3 cm³/mol. The molecule has 1 atom stereocenters. The lowest BCUT2D eigenvalue weighted by molar-refractivity contribution is -0.564. The molecule has 1 rings (SSSR count). The molecule has 0 fully saturated rings. The van der Waals surface area contributed by atoms with Gasteiger partial charge in [0, 0.05) is 27.6 Å². The topological polar surface area (TPSA) is 60.2 Å². The minimum Gasteiger partial charge on any atom is -0.290 e. The molecule has 1 aliphatic rings. The van der Waals surface area contributed by atoms with Gasteiger partial charge in [-0.2, -0.15) is 0 Å². The lowest BCUT2D eigenvalue weighted by Crippen LogP contribution is -2.55. The molecule has 0 saturated carbocycles. The molecule has 0 bridgehead atoms. The Labute approximate surface area is 133 Å². The zero-order chi connectivity index (χ0) is 17.7. The van der Waals surface area contributed by atoms with Gasteiger partial charge in [-0.1, -0.05) is 62.3 Å². The average molecular weight is 307 g/mol. The number of ketones is 1. The summed E-state index contributed by atoms with van der Waals surface area (Å²) >= 11 is 0. The van der Waals surface area contributed by atoms with Crippen molar-refractivity contribution in [3.8, 4) is 0 Å². The van der Waals surface area contributed by atoms with E-state index >= 15 is 0 Å². The van der Waals surface area contributed by atoms with Crippen LogP contribution in [0.25, 0.3) is 0 Å². The normalized spacial score (nSPS) is 24.0. The van der Waals surface area contributed by atoms with Crippen molar-refractivity contribution in [2.45, 2.75) is 67.9 Å². The van der Waals surface area contributed by atoms with E-state index in [1.54, 1.807) is 6.08 Å². The highest BCUT2D eigenvalue weighted by Gasteiger charge is 2.60. The van der Waals surface area contributed by atoms with Gasteiger partial charge < -0.3 is 0 Å². The smallest absolute Gasteiger partial charge is 0.267 e. The number of hydrogen-bond donors (Lipinski definition) is 0. The van der Waals surface area contributed by atoms with Crippen molar-refractivity contribution in [3.05, 3.63) is 33.4 Å². The van der Waals surface area contributed by atoms with Gasteiger partial charge in [0.05, 0.1) is 0 Å². The maximum Gasteiger partial charge on any atom is 0.267 e. The summed E-state index contributed by atoms with van der Waals surface area (Å²) < 4.78 is 0. The van der Waals surface area contributed by atoms with Crippen LogP contribution in [0.3, 0.4) is 0 Å². The van der Waals surface area contributed by atoms with Gasteiger partial charge in [0.1, 0.15) is 0 Å². The second-order valence-electron chi connectivity index (χ2n) is 9.25. The molecular formula is C18H29NO3. The first-order chi connectivity index (χ1) is 9.55. The van der Waals surface area contributed by atoms with Crippen LogP contribution in [-0.4, -0.2) is 16.2 Å². The number of hydrogen-bond acceptors (Lipinski definition) is 3. The quantitative estimate of drug-likeness (QED) is 0.526. The summed E-state index contributed by atoms with van der Waals surface area (Å²) in [5, 5.41) is 12.2. The Hall–Kier alpha value is -1.45. The molecule has 0 aromatic rings. The number of rotatable bonds is 1. The third-order valence-electron chi connectivity index (χ3n) is 4.35. The summed E-state index contributed by atoms with van der Waals surface area (Å²) in [5.41, 5.74) is -1.81. The van der Waals surface area contributed by atoms with Crippen LogP contribution in [0.1, 0.15) is 62.3 Å². The molecule has 124 valence electrons. The maximum absolute atomic E-state index is 12.6. The van der Waals surface area contributed by atoms with E-state index < -0.39 is 21.8 Å². The molecule has 0 spiro atoms. The van der Waals surface area contributed by atoms with E-state index in [1.165, 1.54) is 6.08 Å². The minimum atomic E-state index is -1.37. The third kappa shape index (κ3) is 2.88. The Balaban J connectivity index is 3.84. The highest BCUT2D eigenvalue weighted by Crippen LogP contribution is 2.51. The van der Waals surface area contributed by atoms with Crippen molar-refractivity contribution < 1.29 is 9.72 Å². The Morgan fingerprint density at radius 3 is 1.68 bits per heavy atom. The van der Waals surface area contributed by atoms with E-state index in [9.17, 15) is 14.9 Å². The molecule has 22 heavy (non-hydrogen) atoms. The summed E-state index contributed by atoms with van der Waals surface area (Å²) in [7, 11) is 0. The molecule has 0 N–H and O–H groups in total. The van der Waals surface area contributed by atoms with E-state index in [0.717, 1.165) is 0 Å². The van der Waals surface area contributed by atoms with Crippen molar-refractivity contribution in [2.75, 3.05) is 0 Å². The number of allylic oxidation sites excluding steroid dienone is 2. The molecular weight excluding hydrogens is 278 g/mol. The molecule has 1 unspecified atom stereocenters. The van der Waals surface area contributed by atoms with Crippen LogP contribution in [0.4, 0.5) is 0 Å². The highest BCUT2D eigenvalue weighted by atomic mass is 16.6. The molecule has 0 aliphatic heterocycles. The van der Waals surface area contributed by atoms with Crippen LogP contribution >= 0.6 is 0 Å². The maximum atomic E-state index is 12.6. The molecule has 0 radical (unpaired) electrons. The zero-order valence-corrected chi connectivity index (χ0v) is 15.3. The average Bonchev–Trinajstić information content (AvgIpc) is 2.23. The van der Waals surface area contributed by atoms with E-state index in [-0.39, 0.29) is 10.7 Å². The molecule has 4 heteroatoms. The molecule has 0 heterocycles. The number of nitro groups is 1. The fourth-order valence-corrected chi connectivity index (χ4v) is 3.10. The van der Waals surface area contributed by atoms with Gasteiger partial charge in [-0.05, 0) is 16.9 Å². The van der Waals surface area contributed by atoms with E-state index in [4.69, 9.17) is 0 Å². The van der Waals surface area contributed by atoms with Gasteiger partial charge in [0.15, 0.2) is 5.78 Å². The summed E-state index contributed by atoms with van der Waals surface area (Å²) in [6.07, 6.45) is 3.13. The second-order valence-corrected chi connectivity index (χ2v) is 9.25. The van der Waals surface area contributed by atoms with Gasteiger partial charge in [-0.15, -0.1) is 0 Å². The van der Waals surface area contributed by atoms with Crippen molar-refractivity contribution in [2.24, 2.45) is 16.2 Å². The van der Waals surface area contributed by atoms with Gasteiger partial charge >= 0.3 is 0 Å². The van der Waals surface area contributed by atoms with Crippen LogP contribution in [-0.2, 0) is 4.79 Å². The monoisotopic (exact) mass is 307 g/mol.